The van der Waals surface area contributed by atoms with Crippen LogP contribution in [0.3, 0.4) is 0 Å². The van der Waals surface area contributed by atoms with Crippen molar-refractivity contribution in [2.75, 3.05) is 0 Å². The first kappa shape index (κ1) is 29.9. The Labute approximate surface area is 231 Å². The lowest BCUT2D eigenvalue weighted by Crippen LogP contribution is -2.64. The predicted octanol–water partition coefficient (Wildman–Crippen LogP) is 8.18. The molecule has 0 saturated heterocycles. The van der Waals surface area contributed by atoms with Gasteiger partial charge >= 0.3 is 0 Å². The molecular weight excluding hydrogens is 509 g/mol. The summed E-state index contributed by atoms with van der Waals surface area (Å²) < 4.78 is 20.6. The third kappa shape index (κ3) is 5.48. The molecule has 0 heterocycles. The second-order valence-corrected chi connectivity index (χ2v) is 29.7. The molecule has 8 atom stereocenters. The number of hydrogen-bond donors (Lipinski definition) is 0. The summed E-state index contributed by atoms with van der Waals surface area (Å²) >= 11 is 0. The second kappa shape index (κ2) is 9.51. The molecule has 4 aliphatic carbocycles. The number of rotatable bonds is 7. The molecule has 0 spiro atoms. The molecule has 3 fully saturated rings. The van der Waals surface area contributed by atoms with Crippen LogP contribution in [0.15, 0.2) is 11.6 Å². The quantitative estimate of drug-likeness (QED) is 0.231. The number of carbonyl (C=O) groups is 1. The van der Waals surface area contributed by atoms with Crippen LogP contribution in [0.25, 0.3) is 0 Å². The van der Waals surface area contributed by atoms with Gasteiger partial charge in [-0.15, -0.1) is 0 Å². The summed E-state index contributed by atoms with van der Waals surface area (Å²) in [6.07, 6.45) is 9.89. The topological polar surface area (TPSA) is 44.8 Å². The van der Waals surface area contributed by atoms with Crippen molar-refractivity contribution in [3.8, 4) is 0 Å². The van der Waals surface area contributed by atoms with E-state index in [0.717, 1.165) is 38.5 Å². The molecule has 4 nitrogen and oxygen atoms in total. The van der Waals surface area contributed by atoms with Crippen LogP contribution in [0.5, 0.6) is 0 Å². The van der Waals surface area contributed by atoms with Crippen molar-refractivity contribution >= 4 is 30.7 Å². The number of carbonyl (C=O) groups excluding carboxylic acids is 1. The fourth-order valence-electron chi connectivity index (χ4n) is 9.17. The van der Waals surface area contributed by atoms with Crippen molar-refractivity contribution in [3.05, 3.63) is 11.6 Å². The summed E-state index contributed by atoms with van der Waals surface area (Å²) in [5, 5.41) is 0. The second-order valence-electron chi connectivity index (χ2n) is 16.3. The van der Waals surface area contributed by atoms with Gasteiger partial charge in [0.15, 0.2) is 25.0 Å². The van der Waals surface area contributed by atoms with Gasteiger partial charge in [0, 0.05) is 23.9 Å². The van der Waals surface area contributed by atoms with E-state index in [2.05, 4.69) is 85.8 Å². The normalized spacial score (nSPS) is 41.5. The molecule has 0 unspecified atom stereocenters. The number of allylic oxidation sites excluding steroid dienone is 1. The van der Waals surface area contributed by atoms with Crippen LogP contribution >= 0.6 is 0 Å². The van der Waals surface area contributed by atoms with E-state index >= 15 is 0 Å². The van der Waals surface area contributed by atoms with Gasteiger partial charge in [0.2, 0.25) is 0 Å². The van der Waals surface area contributed by atoms with Gasteiger partial charge in [-0.25, -0.2) is 0 Å². The van der Waals surface area contributed by atoms with Crippen LogP contribution < -0.4 is 0 Å². The molecule has 0 N–H and O–H groups in total. The lowest BCUT2D eigenvalue weighted by Gasteiger charge is -2.60. The van der Waals surface area contributed by atoms with Crippen molar-refractivity contribution in [1.29, 1.82) is 0 Å². The summed E-state index contributed by atoms with van der Waals surface area (Å²) in [7, 11) is -5.25. The lowest BCUT2D eigenvalue weighted by molar-refractivity contribution is -0.169. The van der Waals surface area contributed by atoms with Crippen molar-refractivity contribution < 1.29 is 18.1 Å². The molecule has 4 rings (SSSR count). The Morgan fingerprint density at radius 2 is 1.57 bits per heavy atom. The summed E-state index contributed by atoms with van der Waals surface area (Å²) in [6.45, 7) is 27.7. The summed E-state index contributed by atoms with van der Waals surface area (Å²) in [5.74, 6) is 1.56. The van der Waals surface area contributed by atoms with Gasteiger partial charge < -0.3 is 13.3 Å². The summed E-state index contributed by atoms with van der Waals surface area (Å²) in [5.41, 5.74) is 0.950. The average Bonchev–Trinajstić information content (AvgIpc) is 2.97. The van der Waals surface area contributed by atoms with Crippen molar-refractivity contribution in [1.82, 2.24) is 0 Å². The van der Waals surface area contributed by atoms with Gasteiger partial charge in [-0.1, -0.05) is 25.5 Å². The Morgan fingerprint density at radius 3 is 2.14 bits per heavy atom. The molecule has 0 aromatic heterocycles. The molecule has 0 radical (unpaired) electrons. The highest BCUT2D eigenvalue weighted by molar-refractivity contribution is 6.70. The molecule has 37 heavy (non-hydrogen) atoms. The SMILES string of the molecule is C[C@@H](O[Si](C)(C)C)[C@@]1(O[Si](C)(C)C)CC[C@H]2[C@@H]3CC=C4C[C@@H](O[Si](C)(C)C)CC[C@]4(C)[C@H]3C(=O)C[C@@]21C. The predicted molar refractivity (Wildman–Crippen MR) is 161 cm³/mol. The lowest BCUT2D eigenvalue weighted by atomic mass is 9.46. The summed E-state index contributed by atoms with van der Waals surface area (Å²) in [4.78, 5) is 14.4. The minimum atomic E-state index is -1.89. The maximum absolute atomic E-state index is 14.4. The van der Waals surface area contributed by atoms with Gasteiger partial charge in [0.05, 0.1) is 11.7 Å². The monoisotopic (exact) mass is 564 g/mol. The zero-order valence-corrected chi connectivity index (χ0v) is 29.0. The van der Waals surface area contributed by atoms with Crippen molar-refractivity contribution in [2.45, 2.75) is 142 Å². The zero-order valence-electron chi connectivity index (χ0n) is 26.0. The van der Waals surface area contributed by atoms with E-state index < -0.39 is 25.0 Å². The third-order valence-corrected chi connectivity index (χ3v) is 13.2. The molecular formula is C30H56O4Si3. The van der Waals surface area contributed by atoms with Crippen LogP contribution in [0.4, 0.5) is 0 Å². The van der Waals surface area contributed by atoms with Crippen molar-refractivity contribution in [2.24, 2.45) is 28.6 Å². The number of fused-ring (bicyclic) bond motifs is 5. The minimum absolute atomic E-state index is 0.00433. The fraction of sp³-hybridized carbons (Fsp3) is 0.900. The first-order valence-electron chi connectivity index (χ1n) is 15.0. The first-order chi connectivity index (χ1) is 16.7. The van der Waals surface area contributed by atoms with Crippen LogP contribution in [0.2, 0.25) is 58.9 Å². The smallest absolute Gasteiger partial charge is 0.184 e. The maximum atomic E-state index is 14.4. The first-order valence-corrected chi connectivity index (χ1v) is 25.2. The highest BCUT2D eigenvalue weighted by atomic mass is 28.4. The molecule has 7 heteroatoms. The molecule has 212 valence electrons. The van der Waals surface area contributed by atoms with Gasteiger partial charge in [-0.3, -0.25) is 4.79 Å². The van der Waals surface area contributed by atoms with E-state index in [0.29, 0.717) is 30.1 Å². The van der Waals surface area contributed by atoms with Crippen LogP contribution in [-0.4, -0.2) is 48.5 Å². The maximum Gasteiger partial charge on any atom is 0.184 e. The molecule has 4 aliphatic rings. The van der Waals surface area contributed by atoms with Crippen LogP contribution in [0.1, 0.15) is 65.7 Å². The number of Topliss-reactive ketones (excluding diaryl/α,β-unsaturated/α-hetero) is 1. The highest BCUT2D eigenvalue weighted by Crippen LogP contribution is 2.68. The Kier molecular flexibility index (Phi) is 7.68. The molecule has 0 aromatic carbocycles. The Bertz CT molecular complexity index is 929. The van der Waals surface area contributed by atoms with E-state index in [1.165, 1.54) is 5.57 Å². The van der Waals surface area contributed by atoms with Crippen molar-refractivity contribution in [3.63, 3.8) is 0 Å². The van der Waals surface area contributed by atoms with Gasteiger partial charge in [-0.2, -0.15) is 0 Å². The molecule has 3 saturated carbocycles. The molecule has 0 amide bonds. The van der Waals surface area contributed by atoms with Gasteiger partial charge in [0.1, 0.15) is 5.78 Å². The van der Waals surface area contributed by atoms with E-state index in [1.807, 2.05) is 0 Å². The Morgan fingerprint density at radius 1 is 0.919 bits per heavy atom. The molecule has 0 aliphatic heterocycles. The highest BCUT2D eigenvalue weighted by Gasteiger charge is 2.69. The van der Waals surface area contributed by atoms with Crippen LogP contribution in [0, 0.1) is 28.6 Å². The van der Waals surface area contributed by atoms with E-state index in [9.17, 15) is 4.79 Å². The van der Waals surface area contributed by atoms with E-state index in [-0.39, 0.29) is 28.5 Å². The van der Waals surface area contributed by atoms with Gasteiger partial charge in [-0.05, 0) is 122 Å². The van der Waals surface area contributed by atoms with E-state index in [4.69, 9.17) is 13.3 Å². The van der Waals surface area contributed by atoms with E-state index in [1.54, 1.807) is 0 Å². The largest absolute Gasteiger partial charge is 0.414 e. The number of ketones is 1. The number of hydrogen-bond acceptors (Lipinski definition) is 4. The molecule has 0 bridgehead atoms. The van der Waals surface area contributed by atoms with Gasteiger partial charge in [0.25, 0.3) is 0 Å². The minimum Gasteiger partial charge on any atom is -0.414 e. The van der Waals surface area contributed by atoms with Crippen LogP contribution in [-0.2, 0) is 18.1 Å². The Hall–Kier alpha value is -0.0594. The average molecular weight is 565 g/mol. The third-order valence-electron chi connectivity index (χ3n) is 10.1. The Balaban J connectivity index is 1.69. The fourth-order valence-corrected chi connectivity index (χ4v) is 13.2. The zero-order chi connectivity index (χ0) is 27.8. The molecule has 0 aromatic rings. The standard InChI is InChI=1S/C30H56O4Si3/c1-21(32-35(4,5)6)30(34-37(10,11)12)18-16-25-24-14-13-22-19-23(33-36(7,8)9)15-17-28(22,2)27(24)26(31)20-29(25,30)3/h13,21,23-25,27H,14-20H2,1-12H3/t21-,23+,24+,25+,27-,28+,29+,30+/m1/s1. The summed E-state index contributed by atoms with van der Waals surface area (Å²) in [6, 6.07) is 0.